The highest BCUT2D eigenvalue weighted by Crippen LogP contribution is 2.29. The zero-order valence-corrected chi connectivity index (χ0v) is 11.7. The van der Waals surface area contributed by atoms with Gasteiger partial charge in [0, 0.05) is 11.3 Å². The maximum Gasteiger partial charge on any atom is 0.354 e. The smallest absolute Gasteiger partial charge is 0.354 e. The van der Waals surface area contributed by atoms with Crippen LogP contribution in [0.5, 0.6) is 0 Å². The molecule has 1 aliphatic carbocycles. The molecule has 0 radical (unpaired) electrons. The Bertz CT molecular complexity index is 467. The van der Waals surface area contributed by atoms with Crippen LogP contribution in [0.4, 0.5) is 11.5 Å². The van der Waals surface area contributed by atoms with Crippen LogP contribution in [-0.2, 0) is 0 Å². The van der Waals surface area contributed by atoms with E-state index in [0.717, 1.165) is 12.8 Å². The molecule has 0 aromatic carbocycles. The molecular weight excluding hydrogens is 262 g/mol. The van der Waals surface area contributed by atoms with Gasteiger partial charge in [0.1, 0.15) is 5.82 Å². The molecule has 4 N–H and O–H groups in total. The third-order valence-corrected chi connectivity index (χ3v) is 4.54. The second-order valence-electron chi connectivity index (χ2n) is 4.81. The van der Waals surface area contributed by atoms with Crippen LogP contribution in [0.25, 0.3) is 0 Å². The lowest BCUT2D eigenvalue weighted by Gasteiger charge is -2.29. The second kappa shape index (κ2) is 6.14. The van der Waals surface area contributed by atoms with Crippen molar-refractivity contribution >= 4 is 29.2 Å². The van der Waals surface area contributed by atoms with Gasteiger partial charge in [-0.05, 0) is 37.7 Å². The van der Waals surface area contributed by atoms with E-state index in [1.807, 2.05) is 11.8 Å². The van der Waals surface area contributed by atoms with Crippen molar-refractivity contribution in [2.24, 2.45) is 0 Å². The maximum atomic E-state index is 10.9. The third kappa shape index (κ3) is 3.53. The first-order valence-corrected chi connectivity index (χ1v) is 7.68. The first-order chi connectivity index (χ1) is 9.10. The second-order valence-corrected chi connectivity index (χ2v) is 5.94. The maximum absolute atomic E-state index is 10.9. The molecule has 6 heteroatoms. The van der Waals surface area contributed by atoms with Crippen molar-refractivity contribution in [2.75, 3.05) is 17.3 Å². The minimum atomic E-state index is -1.03. The highest BCUT2D eigenvalue weighted by Gasteiger charge is 2.22. The topological polar surface area (TPSA) is 88.2 Å². The van der Waals surface area contributed by atoms with Crippen molar-refractivity contribution < 1.29 is 9.90 Å². The molecule has 1 heterocycles. The molecule has 1 aliphatic rings. The number of rotatable bonds is 4. The van der Waals surface area contributed by atoms with Crippen molar-refractivity contribution in [2.45, 2.75) is 37.0 Å². The van der Waals surface area contributed by atoms with Gasteiger partial charge in [0.15, 0.2) is 5.69 Å². The monoisotopic (exact) mass is 281 g/mol. The van der Waals surface area contributed by atoms with Crippen LogP contribution in [0, 0.1) is 0 Å². The Morgan fingerprint density at radius 1 is 1.53 bits per heavy atom. The number of nitrogens with two attached hydrogens (primary N) is 1. The quantitative estimate of drug-likeness (QED) is 0.785. The fraction of sp³-hybridized carbons (Fsp3) is 0.538. The van der Waals surface area contributed by atoms with Gasteiger partial charge in [-0.25, -0.2) is 9.78 Å². The summed E-state index contributed by atoms with van der Waals surface area (Å²) in [5.74, 6) is -0.541. The predicted octanol–water partition coefficient (Wildman–Crippen LogP) is 2.45. The van der Waals surface area contributed by atoms with Crippen molar-refractivity contribution in [3.05, 3.63) is 17.8 Å². The van der Waals surface area contributed by atoms with Crippen LogP contribution in [0.3, 0.4) is 0 Å². The first-order valence-electron chi connectivity index (χ1n) is 6.39. The molecule has 1 saturated carbocycles. The van der Waals surface area contributed by atoms with E-state index in [1.54, 1.807) is 6.07 Å². The average Bonchev–Trinajstić information content (AvgIpc) is 2.41. The van der Waals surface area contributed by atoms with Crippen molar-refractivity contribution in [3.63, 3.8) is 0 Å². The van der Waals surface area contributed by atoms with E-state index >= 15 is 0 Å². The molecule has 2 atom stereocenters. The molecule has 0 saturated heterocycles. The Balaban J connectivity index is 2.09. The summed E-state index contributed by atoms with van der Waals surface area (Å²) < 4.78 is 0. The summed E-state index contributed by atoms with van der Waals surface area (Å²) in [5.41, 5.74) is 6.37. The van der Waals surface area contributed by atoms with E-state index in [-0.39, 0.29) is 5.69 Å². The van der Waals surface area contributed by atoms with Crippen LogP contribution < -0.4 is 11.1 Å². The SMILES string of the molecule is CSC1CCCC(Nc2nc(C(=O)O)ccc2N)C1. The van der Waals surface area contributed by atoms with Crippen LogP contribution in [-0.4, -0.2) is 33.6 Å². The summed E-state index contributed by atoms with van der Waals surface area (Å²) in [5, 5.41) is 12.9. The van der Waals surface area contributed by atoms with E-state index in [1.165, 1.54) is 18.9 Å². The lowest BCUT2D eigenvalue weighted by atomic mass is 9.95. The van der Waals surface area contributed by atoms with E-state index < -0.39 is 5.97 Å². The Labute approximate surface area is 117 Å². The van der Waals surface area contributed by atoms with E-state index in [2.05, 4.69) is 16.6 Å². The van der Waals surface area contributed by atoms with Gasteiger partial charge in [0.25, 0.3) is 0 Å². The van der Waals surface area contributed by atoms with E-state index in [0.29, 0.717) is 22.8 Å². The van der Waals surface area contributed by atoms with Crippen molar-refractivity contribution in [3.8, 4) is 0 Å². The zero-order chi connectivity index (χ0) is 13.8. The average molecular weight is 281 g/mol. The Morgan fingerprint density at radius 2 is 2.32 bits per heavy atom. The number of carboxylic acid groups (broad SMARTS) is 1. The third-order valence-electron chi connectivity index (χ3n) is 3.45. The number of hydrogen-bond donors (Lipinski definition) is 3. The van der Waals surface area contributed by atoms with Crippen LogP contribution in [0.2, 0.25) is 0 Å². The predicted molar refractivity (Wildman–Crippen MR) is 78.8 cm³/mol. The van der Waals surface area contributed by atoms with E-state index in [4.69, 9.17) is 10.8 Å². The van der Waals surface area contributed by atoms with Crippen LogP contribution in [0.1, 0.15) is 36.2 Å². The van der Waals surface area contributed by atoms with Gasteiger partial charge in [-0.2, -0.15) is 11.8 Å². The number of anilines is 2. The molecule has 0 bridgehead atoms. The number of aromatic nitrogens is 1. The number of aromatic carboxylic acids is 1. The highest BCUT2D eigenvalue weighted by atomic mass is 32.2. The molecule has 1 aromatic rings. The number of carbonyl (C=O) groups is 1. The van der Waals surface area contributed by atoms with Gasteiger partial charge in [-0.1, -0.05) is 6.42 Å². The largest absolute Gasteiger partial charge is 0.477 e. The highest BCUT2D eigenvalue weighted by molar-refractivity contribution is 7.99. The molecule has 2 unspecified atom stereocenters. The molecule has 19 heavy (non-hydrogen) atoms. The Morgan fingerprint density at radius 3 is 3.00 bits per heavy atom. The molecule has 0 amide bonds. The number of hydrogen-bond acceptors (Lipinski definition) is 5. The zero-order valence-electron chi connectivity index (χ0n) is 10.9. The van der Waals surface area contributed by atoms with Crippen molar-refractivity contribution in [1.29, 1.82) is 0 Å². The Hall–Kier alpha value is -1.43. The van der Waals surface area contributed by atoms with E-state index in [9.17, 15) is 4.79 Å². The summed E-state index contributed by atoms with van der Waals surface area (Å²) >= 11 is 1.89. The van der Waals surface area contributed by atoms with Gasteiger partial charge < -0.3 is 16.2 Å². The van der Waals surface area contributed by atoms with Gasteiger partial charge in [0.2, 0.25) is 0 Å². The molecule has 1 fully saturated rings. The first kappa shape index (κ1) is 14.0. The van der Waals surface area contributed by atoms with Crippen molar-refractivity contribution in [1.82, 2.24) is 4.98 Å². The molecule has 0 aliphatic heterocycles. The number of nitrogens with one attached hydrogen (secondary N) is 1. The lowest BCUT2D eigenvalue weighted by molar-refractivity contribution is 0.0690. The standard InChI is InChI=1S/C13H19N3O2S/c1-19-9-4-2-3-8(7-9)15-12-10(14)5-6-11(16-12)13(17)18/h5-6,8-9H,2-4,7,14H2,1H3,(H,15,16)(H,17,18). The van der Waals surface area contributed by atoms with Gasteiger partial charge >= 0.3 is 5.97 Å². The molecular formula is C13H19N3O2S. The van der Waals surface area contributed by atoms with Crippen LogP contribution >= 0.6 is 11.8 Å². The molecule has 0 spiro atoms. The normalized spacial score (nSPS) is 23.0. The minimum Gasteiger partial charge on any atom is -0.477 e. The van der Waals surface area contributed by atoms with Gasteiger partial charge in [0.05, 0.1) is 5.69 Å². The molecule has 5 nitrogen and oxygen atoms in total. The molecule has 1 aromatic heterocycles. The number of nitrogen functional groups attached to an aromatic ring is 1. The summed E-state index contributed by atoms with van der Waals surface area (Å²) in [6.07, 6.45) is 6.71. The number of carboxylic acids is 1. The number of nitrogens with zero attached hydrogens (tertiary/aromatic N) is 1. The fourth-order valence-corrected chi connectivity index (χ4v) is 3.22. The molecule has 104 valence electrons. The molecule has 2 rings (SSSR count). The minimum absolute atomic E-state index is 0.0222. The number of thioether (sulfide) groups is 1. The Kier molecular flexibility index (Phi) is 4.52. The lowest BCUT2D eigenvalue weighted by Crippen LogP contribution is -2.29. The summed E-state index contributed by atoms with van der Waals surface area (Å²) in [6.45, 7) is 0. The summed E-state index contributed by atoms with van der Waals surface area (Å²) in [4.78, 5) is 15.0. The fourth-order valence-electron chi connectivity index (χ4n) is 2.39. The van der Waals surface area contributed by atoms with Crippen LogP contribution in [0.15, 0.2) is 12.1 Å². The van der Waals surface area contributed by atoms with Gasteiger partial charge in [-0.15, -0.1) is 0 Å². The summed E-state index contributed by atoms with van der Waals surface area (Å²) in [7, 11) is 0. The summed E-state index contributed by atoms with van der Waals surface area (Å²) in [6, 6.07) is 3.34. The van der Waals surface area contributed by atoms with Gasteiger partial charge in [-0.3, -0.25) is 0 Å². The number of pyridine rings is 1.